The Kier molecular flexibility index (Phi) is 4.81. The lowest BCUT2D eigenvalue weighted by atomic mass is 10.0. The van der Waals surface area contributed by atoms with E-state index in [1.165, 1.54) is 0 Å². The number of rotatable bonds is 2. The predicted octanol–water partition coefficient (Wildman–Crippen LogP) is 6.60. The van der Waals surface area contributed by atoms with E-state index in [1.54, 1.807) is 0 Å². The monoisotopic (exact) mass is 347 g/mol. The lowest BCUT2D eigenvalue weighted by molar-refractivity contribution is 0.577. The Bertz CT molecular complexity index is 1100. The zero-order chi connectivity index (χ0) is 18.5. The van der Waals surface area contributed by atoms with Gasteiger partial charge in [0.2, 0.25) is 0 Å². The van der Waals surface area contributed by atoms with E-state index in [-0.39, 0.29) is 0 Å². The largest absolute Gasteiger partial charge is 0.364 e. The minimum absolute atomic E-state index is 0.817. The normalized spacial score (nSPS) is 10.1. The first-order valence-corrected chi connectivity index (χ1v) is 8.97. The van der Waals surface area contributed by atoms with Crippen LogP contribution in [0.1, 0.15) is 16.7 Å². The van der Waals surface area contributed by atoms with Crippen molar-refractivity contribution in [3.05, 3.63) is 114 Å². The molecule has 0 atom stereocenters. The van der Waals surface area contributed by atoms with Crippen LogP contribution in [0.15, 0.2) is 101 Å². The molecular formula is C26H19O+. The first-order chi connectivity index (χ1) is 13.3. The highest BCUT2D eigenvalue weighted by molar-refractivity contribution is 5.69. The lowest BCUT2D eigenvalue weighted by Crippen LogP contribution is -1.91. The summed E-state index contributed by atoms with van der Waals surface area (Å²) in [5, 5.41) is 0. The van der Waals surface area contributed by atoms with Crippen LogP contribution in [0.3, 0.4) is 0 Å². The summed E-state index contributed by atoms with van der Waals surface area (Å²) < 4.78 is 6.31. The summed E-state index contributed by atoms with van der Waals surface area (Å²) in [6, 6.07) is 32.4. The maximum absolute atomic E-state index is 6.31. The van der Waals surface area contributed by atoms with E-state index in [9.17, 15) is 0 Å². The molecule has 1 nitrogen and oxygen atoms in total. The molecule has 0 bridgehead atoms. The topological polar surface area (TPSA) is 11.3 Å². The summed E-state index contributed by atoms with van der Waals surface area (Å²) in [5.74, 6) is 8.28. The Labute approximate surface area is 160 Å². The molecule has 128 valence electrons. The third-order valence-corrected chi connectivity index (χ3v) is 4.44. The van der Waals surface area contributed by atoms with Gasteiger partial charge in [-0.05, 0) is 43.3 Å². The molecule has 0 N–H and O–H groups in total. The van der Waals surface area contributed by atoms with Crippen molar-refractivity contribution in [1.82, 2.24) is 0 Å². The van der Waals surface area contributed by atoms with E-state index in [0.717, 1.165) is 39.3 Å². The van der Waals surface area contributed by atoms with Gasteiger partial charge in [0.05, 0.1) is 22.8 Å². The molecule has 0 saturated carbocycles. The molecule has 4 rings (SSSR count). The van der Waals surface area contributed by atoms with Crippen LogP contribution >= 0.6 is 0 Å². The second-order valence-electron chi connectivity index (χ2n) is 6.33. The van der Waals surface area contributed by atoms with E-state index in [4.69, 9.17) is 4.42 Å². The van der Waals surface area contributed by atoms with Crippen molar-refractivity contribution in [2.45, 2.75) is 6.92 Å². The second-order valence-corrected chi connectivity index (χ2v) is 6.33. The molecule has 4 aromatic rings. The minimum atomic E-state index is 0.817. The van der Waals surface area contributed by atoms with Crippen molar-refractivity contribution in [2.75, 3.05) is 0 Å². The van der Waals surface area contributed by atoms with Gasteiger partial charge in [0.15, 0.2) is 0 Å². The van der Waals surface area contributed by atoms with E-state index >= 15 is 0 Å². The van der Waals surface area contributed by atoms with Gasteiger partial charge in [0.25, 0.3) is 0 Å². The fraction of sp³-hybridized carbons (Fsp3) is 0.0385. The zero-order valence-electron chi connectivity index (χ0n) is 15.1. The summed E-state index contributed by atoms with van der Waals surface area (Å²) in [7, 11) is 0. The molecule has 27 heavy (non-hydrogen) atoms. The summed E-state index contributed by atoms with van der Waals surface area (Å²) in [6.07, 6.45) is 0. The Balaban J connectivity index is 1.89. The van der Waals surface area contributed by atoms with Crippen LogP contribution in [0.2, 0.25) is 0 Å². The molecule has 0 aliphatic carbocycles. The van der Waals surface area contributed by atoms with Crippen molar-refractivity contribution in [1.29, 1.82) is 0 Å². The van der Waals surface area contributed by atoms with Gasteiger partial charge < -0.3 is 0 Å². The standard InChI is InChI=1S/C26H19O/c1-20-24(18-17-21-11-5-2-6-12-21)19-25(22-13-7-3-8-14-22)27-26(20)23-15-9-4-10-16-23/h2-16,19H,1H3/q+1. The van der Waals surface area contributed by atoms with E-state index in [2.05, 4.69) is 43.0 Å². The van der Waals surface area contributed by atoms with Gasteiger partial charge in [-0.3, -0.25) is 0 Å². The van der Waals surface area contributed by atoms with Crippen molar-refractivity contribution in [2.24, 2.45) is 0 Å². The van der Waals surface area contributed by atoms with E-state index < -0.39 is 0 Å². The maximum atomic E-state index is 6.31. The summed E-state index contributed by atoms with van der Waals surface area (Å²) in [5.41, 5.74) is 5.11. The highest BCUT2D eigenvalue weighted by atomic mass is 16.3. The summed E-state index contributed by atoms with van der Waals surface area (Å²) in [6.45, 7) is 2.07. The highest BCUT2D eigenvalue weighted by Crippen LogP contribution is 2.31. The van der Waals surface area contributed by atoms with E-state index in [0.29, 0.717) is 0 Å². The molecule has 0 fully saturated rings. The quantitative estimate of drug-likeness (QED) is 0.293. The molecule has 0 saturated heterocycles. The van der Waals surface area contributed by atoms with Crippen molar-refractivity contribution in [3.8, 4) is 34.5 Å². The van der Waals surface area contributed by atoms with Gasteiger partial charge >= 0.3 is 11.5 Å². The molecule has 1 heteroatoms. The van der Waals surface area contributed by atoms with Crippen molar-refractivity contribution < 1.29 is 4.42 Å². The molecule has 3 aromatic carbocycles. The van der Waals surface area contributed by atoms with Crippen molar-refractivity contribution >= 4 is 0 Å². The van der Waals surface area contributed by atoms with Crippen LogP contribution in [-0.4, -0.2) is 0 Å². The maximum Gasteiger partial charge on any atom is 0.364 e. The molecule has 1 heterocycles. The number of hydrogen-bond acceptors (Lipinski definition) is 0. The Hall–Kier alpha value is -3.63. The summed E-state index contributed by atoms with van der Waals surface area (Å²) in [4.78, 5) is 0. The molecule has 0 aliphatic heterocycles. The van der Waals surface area contributed by atoms with Crippen LogP contribution in [0, 0.1) is 18.8 Å². The highest BCUT2D eigenvalue weighted by Gasteiger charge is 2.23. The SMILES string of the molecule is Cc1c(C#Cc2ccccc2)cc(-c2ccccc2)[o+]c1-c1ccccc1. The van der Waals surface area contributed by atoms with Crippen LogP contribution in [-0.2, 0) is 0 Å². The second kappa shape index (κ2) is 7.72. The molecule has 0 radical (unpaired) electrons. The first kappa shape index (κ1) is 16.8. The van der Waals surface area contributed by atoms with E-state index in [1.807, 2.05) is 72.8 Å². The Morgan fingerprint density at radius 1 is 0.630 bits per heavy atom. The van der Waals surface area contributed by atoms with Gasteiger partial charge in [-0.25, -0.2) is 4.42 Å². The van der Waals surface area contributed by atoms with Gasteiger partial charge in [0.1, 0.15) is 0 Å². The van der Waals surface area contributed by atoms with Crippen LogP contribution < -0.4 is 0 Å². The first-order valence-electron chi connectivity index (χ1n) is 8.97. The van der Waals surface area contributed by atoms with Crippen LogP contribution in [0.25, 0.3) is 22.6 Å². The van der Waals surface area contributed by atoms with Gasteiger partial charge in [-0.2, -0.15) is 0 Å². The van der Waals surface area contributed by atoms with Gasteiger partial charge in [0, 0.05) is 11.1 Å². The predicted molar refractivity (Wildman–Crippen MR) is 111 cm³/mol. The van der Waals surface area contributed by atoms with Crippen molar-refractivity contribution in [3.63, 3.8) is 0 Å². The number of hydrogen-bond donors (Lipinski definition) is 0. The number of benzene rings is 3. The minimum Gasteiger partial charge on any atom is -0.206 e. The third kappa shape index (κ3) is 3.81. The molecule has 1 aromatic heterocycles. The molecule has 0 spiro atoms. The average Bonchev–Trinajstić information content (AvgIpc) is 2.75. The molecular weight excluding hydrogens is 328 g/mol. The average molecular weight is 347 g/mol. The fourth-order valence-corrected chi connectivity index (χ4v) is 2.98. The molecule has 0 aliphatic rings. The Morgan fingerprint density at radius 2 is 1.19 bits per heavy atom. The fourth-order valence-electron chi connectivity index (χ4n) is 2.98. The lowest BCUT2D eigenvalue weighted by Gasteiger charge is -2.01. The van der Waals surface area contributed by atoms with Crippen LogP contribution in [0.5, 0.6) is 0 Å². The summed E-state index contributed by atoms with van der Waals surface area (Å²) >= 11 is 0. The molecule has 0 amide bonds. The zero-order valence-corrected chi connectivity index (χ0v) is 15.1. The molecule has 0 unspecified atom stereocenters. The smallest absolute Gasteiger partial charge is 0.206 e. The van der Waals surface area contributed by atoms with Gasteiger partial charge in [-0.15, -0.1) is 0 Å². The third-order valence-electron chi connectivity index (χ3n) is 4.44. The Morgan fingerprint density at radius 3 is 1.81 bits per heavy atom. The van der Waals surface area contributed by atoms with Gasteiger partial charge in [-0.1, -0.05) is 66.4 Å². The van der Waals surface area contributed by atoms with Crippen LogP contribution in [0.4, 0.5) is 0 Å².